The average Bonchev–Trinajstić information content (AvgIpc) is 3.00. The SMILES string of the molecule is C#Cc1ccc(C(=O)NCc2ccc3nonc3c2)cc1C. The maximum atomic E-state index is 12.2. The number of amides is 1. The Bertz CT molecular complexity index is 890. The predicted octanol–water partition coefficient (Wildman–Crippen LogP) is 2.44. The minimum atomic E-state index is -0.148. The quantitative estimate of drug-likeness (QED) is 0.753. The molecule has 0 saturated carbocycles. The molecule has 0 spiro atoms. The zero-order valence-corrected chi connectivity index (χ0v) is 12.0. The molecule has 0 atom stereocenters. The van der Waals surface area contributed by atoms with Crippen molar-refractivity contribution in [2.75, 3.05) is 0 Å². The lowest BCUT2D eigenvalue weighted by Crippen LogP contribution is -2.22. The number of nitrogens with zero attached hydrogens (tertiary/aromatic N) is 2. The fourth-order valence-electron chi connectivity index (χ4n) is 2.19. The summed E-state index contributed by atoms with van der Waals surface area (Å²) in [6.45, 7) is 2.29. The monoisotopic (exact) mass is 291 g/mol. The maximum absolute atomic E-state index is 12.2. The first kappa shape index (κ1) is 13.8. The van der Waals surface area contributed by atoms with Crippen LogP contribution in [0.1, 0.15) is 27.0 Å². The highest BCUT2D eigenvalue weighted by Gasteiger charge is 2.08. The molecule has 5 heteroatoms. The summed E-state index contributed by atoms with van der Waals surface area (Å²) in [5.74, 6) is 2.43. The number of benzene rings is 2. The molecule has 0 aliphatic carbocycles. The van der Waals surface area contributed by atoms with Gasteiger partial charge in [0.1, 0.15) is 11.0 Å². The average molecular weight is 291 g/mol. The van der Waals surface area contributed by atoms with Crippen LogP contribution < -0.4 is 5.32 Å². The summed E-state index contributed by atoms with van der Waals surface area (Å²) in [6.07, 6.45) is 5.38. The zero-order valence-electron chi connectivity index (χ0n) is 12.0. The van der Waals surface area contributed by atoms with Crippen LogP contribution in [0.3, 0.4) is 0 Å². The van der Waals surface area contributed by atoms with E-state index < -0.39 is 0 Å². The Morgan fingerprint density at radius 1 is 1.23 bits per heavy atom. The van der Waals surface area contributed by atoms with Gasteiger partial charge in [-0.3, -0.25) is 4.79 Å². The van der Waals surface area contributed by atoms with Crippen molar-refractivity contribution in [1.82, 2.24) is 15.6 Å². The number of aromatic nitrogens is 2. The molecule has 0 bridgehead atoms. The van der Waals surface area contributed by atoms with E-state index in [4.69, 9.17) is 6.42 Å². The van der Waals surface area contributed by atoms with Crippen LogP contribution in [0.4, 0.5) is 0 Å². The van der Waals surface area contributed by atoms with E-state index in [1.165, 1.54) is 0 Å². The first-order valence-corrected chi connectivity index (χ1v) is 6.74. The third-order valence-electron chi connectivity index (χ3n) is 3.42. The molecule has 3 aromatic rings. The molecule has 0 radical (unpaired) electrons. The highest BCUT2D eigenvalue weighted by atomic mass is 16.6. The van der Waals surface area contributed by atoms with Crippen LogP contribution in [0.2, 0.25) is 0 Å². The van der Waals surface area contributed by atoms with Crippen molar-refractivity contribution in [2.24, 2.45) is 0 Å². The van der Waals surface area contributed by atoms with E-state index in [9.17, 15) is 4.79 Å². The van der Waals surface area contributed by atoms with E-state index in [1.54, 1.807) is 24.3 Å². The molecule has 0 aliphatic heterocycles. The van der Waals surface area contributed by atoms with Gasteiger partial charge in [-0.15, -0.1) is 6.42 Å². The molecule has 0 saturated heterocycles. The van der Waals surface area contributed by atoms with E-state index in [2.05, 4.69) is 26.2 Å². The number of carbonyl (C=O) groups is 1. The van der Waals surface area contributed by atoms with Crippen LogP contribution in [-0.2, 0) is 6.54 Å². The molecular weight excluding hydrogens is 278 g/mol. The molecule has 2 aromatic carbocycles. The van der Waals surface area contributed by atoms with E-state index in [0.717, 1.165) is 16.7 Å². The lowest BCUT2D eigenvalue weighted by atomic mass is 10.1. The topological polar surface area (TPSA) is 68.0 Å². The largest absolute Gasteiger partial charge is 0.348 e. The summed E-state index contributed by atoms with van der Waals surface area (Å²) >= 11 is 0. The zero-order chi connectivity index (χ0) is 15.5. The van der Waals surface area contributed by atoms with E-state index >= 15 is 0 Å². The predicted molar refractivity (Wildman–Crippen MR) is 82.1 cm³/mol. The third-order valence-corrected chi connectivity index (χ3v) is 3.42. The van der Waals surface area contributed by atoms with Gasteiger partial charge in [0.2, 0.25) is 0 Å². The number of hydrogen-bond acceptors (Lipinski definition) is 4. The van der Waals surface area contributed by atoms with Crippen molar-refractivity contribution >= 4 is 16.9 Å². The fraction of sp³-hybridized carbons (Fsp3) is 0.118. The fourth-order valence-corrected chi connectivity index (χ4v) is 2.19. The summed E-state index contributed by atoms with van der Waals surface area (Å²) in [5, 5.41) is 10.4. The minimum absolute atomic E-state index is 0.148. The number of fused-ring (bicyclic) bond motifs is 1. The van der Waals surface area contributed by atoms with Crippen LogP contribution in [0, 0.1) is 19.3 Å². The molecule has 5 nitrogen and oxygen atoms in total. The summed E-state index contributed by atoms with van der Waals surface area (Å²) in [6, 6.07) is 10.8. The second-order valence-electron chi connectivity index (χ2n) is 4.94. The van der Waals surface area contributed by atoms with Gasteiger partial charge in [-0.1, -0.05) is 12.0 Å². The summed E-state index contributed by atoms with van der Waals surface area (Å²) in [4.78, 5) is 12.2. The van der Waals surface area contributed by atoms with Crippen molar-refractivity contribution in [3.63, 3.8) is 0 Å². The Labute approximate surface area is 127 Å². The normalized spacial score (nSPS) is 10.4. The van der Waals surface area contributed by atoms with Crippen molar-refractivity contribution in [1.29, 1.82) is 0 Å². The molecule has 3 rings (SSSR count). The van der Waals surface area contributed by atoms with Crippen LogP contribution in [-0.4, -0.2) is 16.2 Å². The third kappa shape index (κ3) is 2.67. The Kier molecular flexibility index (Phi) is 3.58. The maximum Gasteiger partial charge on any atom is 0.251 e. The Balaban J connectivity index is 1.71. The molecule has 0 fully saturated rings. The summed E-state index contributed by atoms with van der Waals surface area (Å²) in [5.41, 5.74) is 4.57. The molecule has 22 heavy (non-hydrogen) atoms. The van der Waals surface area contributed by atoms with Gasteiger partial charge in [0.15, 0.2) is 0 Å². The highest BCUT2D eigenvalue weighted by molar-refractivity contribution is 5.94. The van der Waals surface area contributed by atoms with E-state index in [0.29, 0.717) is 23.1 Å². The second kappa shape index (κ2) is 5.70. The van der Waals surface area contributed by atoms with Crippen molar-refractivity contribution < 1.29 is 9.42 Å². The number of carbonyl (C=O) groups excluding carboxylic acids is 1. The molecule has 0 aliphatic rings. The Morgan fingerprint density at radius 2 is 2.05 bits per heavy atom. The highest BCUT2D eigenvalue weighted by Crippen LogP contribution is 2.13. The molecule has 1 aromatic heterocycles. The molecule has 1 amide bonds. The van der Waals surface area contributed by atoms with Crippen LogP contribution in [0.25, 0.3) is 11.0 Å². The molecule has 1 heterocycles. The van der Waals surface area contributed by atoms with Gasteiger partial charge in [-0.2, -0.15) is 0 Å². The van der Waals surface area contributed by atoms with Gasteiger partial charge in [-0.05, 0) is 58.7 Å². The van der Waals surface area contributed by atoms with E-state index in [-0.39, 0.29) is 5.91 Å². The van der Waals surface area contributed by atoms with Crippen LogP contribution in [0.15, 0.2) is 41.0 Å². The van der Waals surface area contributed by atoms with Gasteiger partial charge in [-0.25, -0.2) is 4.63 Å². The lowest BCUT2D eigenvalue weighted by Gasteiger charge is -2.07. The van der Waals surface area contributed by atoms with Crippen molar-refractivity contribution in [3.8, 4) is 12.3 Å². The van der Waals surface area contributed by atoms with Gasteiger partial charge in [0.25, 0.3) is 5.91 Å². The molecule has 108 valence electrons. The number of nitrogens with one attached hydrogen (secondary N) is 1. The molecular formula is C17H13N3O2. The van der Waals surface area contributed by atoms with Gasteiger partial charge < -0.3 is 5.32 Å². The summed E-state index contributed by atoms with van der Waals surface area (Å²) < 4.78 is 4.65. The van der Waals surface area contributed by atoms with Crippen LogP contribution >= 0.6 is 0 Å². The number of hydrogen-bond donors (Lipinski definition) is 1. The Morgan fingerprint density at radius 3 is 2.82 bits per heavy atom. The molecule has 0 unspecified atom stereocenters. The van der Waals surface area contributed by atoms with Gasteiger partial charge >= 0.3 is 0 Å². The first-order valence-electron chi connectivity index (χ1n) is 6.74. The van der Waals surface area contributed by atoms with Crippen LogP contribution in [0.5, 0.6) is 0 Å². The number of aryl methyl sites for hydroxylation is 1. The Hall–Kier alpha value is -3.13. The number of rotatable bonds is 3. The minimum Gasteiger partial charge on any atom is -0.348 e. The lowest BCUT2D eigenvalue weighted by molar-refractivity contribution is 0.0951. The summed E-state index contributed by atoms with van der Waals surface area (Å²) in [7, 11) is 0. The standard InChI is InChI=1S/C17H13N3O2/c1-3-13-5-6-14(8-11(13)2)17(21)18-10-12-4-7-15-16(9-12)20-22-19-15/h1,4-9H,10H2,2H3,(H,18,21). The van der Waals surface area contributed by atoms with Crippen molar-refractivity contribution in [3.05, 3.63) is 58.7 Å². The smallest absolute Gasteiger partial charge is 0.251 e. The van der Waals surface area contributed by atoms with E-state index in [1.807, 2.05) is 19.1 Å². The second-order valence-corrected chi connectivity index (χ2v) is 4.94. The molecule has 1 N–H and O–H groups in total. The van der Waals surface area contributed by atoms with Gasteiger partial charge in [0, 0.05) is 17.7 Å². The van der Waals surface area contributed by atoms with Gasteiger partial charge in [0.05, 0.1) is 0 Å². The first-order chi connectivity index (χ1) is 10.7. The number of terminal acetylenes is 1. The van der Waals surface area contributed by atoms with Crippen molar-refractivity contribution in [2.45, 2.75) is 13.5 Å².